The van der Waals surface area contributed by atoms with E-state index in [4.69, 9.17) is 26.8 Å². The molecule has 0 fully saturated rings. The van der Waals surface area contributed by atoms with E-state index in [9.17, 15) is 19.2 Å². The molecule has 0 bridgehead atoms. The first-order valence-corrected chi connectivity index (χ1v) is 9.03. The summed E-state index contributed by atoms with van der Waals surface area (Å²) in [6.45, 7) is 1.57. The molecule has 162 valence electrons. The van der Waals surface area contributed by atoms with Crippen LogP contribution in [0.3, 0.4) is 0 Å². The molecule has 1 heterocycles. The molecule has 0 aliphatic rings. The molecular weight excluding hydrogens is 386 g/mol. The van der Waals surface area contributed by atoms with Gasteiger partial charge in [-0.15, -0.1) is 0 Å². The Morgan fingerprint density at radius 1 is 1.17 bits per heavy atom. The Labute approximate surface area is 166 Å². The fraction of sp³-hybridized carbons (Fsp3) is 0.625. The Morgan fingerprint density at radius 2 is 1.86 bits per heavy atom. The quantitative estimate of drug-likeness (QED) is 0.168. The normalized spacial score (nSPS) is 13.9. The van der Waals surface area contributed by atoms with E-state index in [-0.39, 0.29) is 24.6 Å². The van der Waals surface area contributed by atoms with E-state index in [0.29, 0.717) is 13.0 Å². The molecule has 1 rings (SSSR count). The summed E-state index contributed by atoms with van der Waals surface area (Å²) < 4.78 is 5.14. The zero-order valence-corrected chi connectivity index (χ0v) is 16.1. The molecule has 0 saturated carbocycles. The van der Waals surface area contributed by atoms with Gasteiger partial charge in [0, 0.05) is 6.42 Å². The second-order valence-electron chi connectivity index (χ2n) is 6.44. The van der Waals surface area contributed by atoms with Gasteiger partial charge >= 0.3 is 12.0 Å². The zero-order valence-electron chi connectivity index (χ0n) is 16.1. The molecule has 1 aromatic heterocycles. The molecule has 13 heteroatoms. The third kappa shape index (κ3) is 8.23. The van der Waals surface area contributed by atoms with Gasteiger partial charge in [0.05, 0.1) is 6.04 Å². The number of hydrogen-bond acceptors (Lipinski definition) is 9. The molecule has 3 atom stereocenters. The summed E-state index contributed by atoms with van der Waals surface area (Å²) in [7, 11) is 0. The SMILES string of the molecule is CC(=O)[C@H](NC(=O)N[C@@H](CCC(N)=O)c1nc([C@@H](N)CCCCN)no1)C(=O)O. The molecule has 1 aromatic rings. The summed E-state index contributed by atoms with van der Waals surface area (Å²) >= 11 is 0. The predicted molar refractivity (Wildman–Crippen MR) is 99.1 cm³/mol. The Kier molecular flexibility index (Phi) is 9.68. The second-order valence-corrected chi connectivity index (χ2v) is 6.44. The molecule has 13 nitrogen and oxygen atoms in total. The van der Waals surface area contributed by atoms with Gasteiger partial charge in [0.25, 0.3) is 0 Å². The number of carboxylic acids is 1. The highest BCUT2D eigenvalue weighted by Crippen LogP contribution is 2.20. The minimum absolute atomic E-state index is 0.0185. The standard InChI is InChI=1S/C16H27N7O6/c1-8(24)12(15(26)27)21-16(28)20-10(5-6-11(19)25)14-22-13(23-29-14)9(18)4-2-3-7-17/h9-10,12H,2-7,17-18H2,1H3,(H2,19,25)(H,26,27)(H2,20,21,28)/t9-,10-,12-/m0/s1. The van der Waals surface area contributed by atoms with Crippen molar-refractivity contribution in [2.45, 2.75) is 57.2 Å². The molecule has 0 radical (unpaired) electrons. The summed E-state index contributed by atoms with van der Waals surface area (Å²) in [5.41, 5.74) is 16.6. The van der Waals surface area contributed by atoms with Gasteiger partial charge in [-0.1, -0.05) is 11.6 Å². The Morgan fingerprint density at radius 3 is 2.41 bits per heavy atom. The number of nitrogens with two attached hydrogens (primary N) is 3. The Balaban J connectivity index is 2.87. The number of amides is 3. The number of carbonyl (C=O) groups excluding carboxylic acids is 3. The summed E-state index contributed by atoms with van der Waals surface area (Å²) in [6, 6.07) is -4.13. The van der Waals surface area contributed by atoms with Crippen molar-refractivity contribution in [3.8, 4) is 0 Å². The van der Waals surface area contributed by atoms with Crippen LogP contribution in [0, 0.1) is 0 Å². The lowest BCUT2D eigenvalue weighted by molar-refractivity contribution is -0.142. The number of ketones is 1. The molecule has 0 unspecified atom stereocenters. The molecule has 29 heavy (non-hydrogen) atoms. The summed E-state index contributed by atoms with van der Waals surface area (Å²) in [4.78, 5) is 49.8. The van der Waals surface area contributed by atoms with E-state index in [1.54, 1.807) is 0 Å². The number of urea groups is 1. The van der Waals surface area contributed by atoms with Crippen LogP contribution in [0.1, 0.15) is 62.8 Å². The van der Waals surface area contributed by atoms with E-state index in [0.717, 1.165) is 19.8 Å². The van der Waals surface area contributed by atoms with Crippen LogP contribution in [0.15, 0.2) is 4.52 Å². The van der Waals surface area contributed by atoms with Gasteiger partial charge < -0.3 is 37.5 Å². The van der Waals surface area contributed by atoms with Crippen molar-refractivity contribution in [3.63, 3.8) is 0 Å². The summed E-state index contributed by atoms with van der Waals surface area (Å²) in [6.07, 6.45) is 2.05. The number of carbonyl (C=O) groups is 4. The highest BCUT2D eigenvalue weighted by Gasteiger charge is 2.28. The number of nitrogens with one attached hydrogen (secondary N) is 2. The highest BCUT2D eigenvalue weighted by atomic mass is 16.5. The first-order valence-electron chi connectivity index (χ1n) is 9.03. The summed E-state index contributed by atoms with van der Waals surface area (Å²) in [5.74, 6) is -2.70. The van der Waals surface area contributed by atoms with Crippen LogP contribution >= 0.6 is 0 Å². The Hall–Kier alpha value is -3.06. The molecule has 0 aliphatic carbocycles. The van der Waals surface area contributed by atoms with Crippen molar-refractivity contribution in [1.82, 2.24) is 20.8 Å². The first kappa shape index (κ1) is 24.0. The van der Waals surface area contributed by atoms with Crippen LogP contribution in [-0.4, -0.2) is 51.5 Å². The number of aliphatic carboxylic acids is 1. The van der Waals surface area contributed by atoms with Crippen molar-refractivity contribution in [1.29, 1.82) is 0 Å². The van der Waals surface area contributed by atoms with Crippen LogP contribution < -0.4 is 27.8 Å². The number of carboxylic acid groups (broad SMARTS) is 1. The van der Waals surface area contributed by atoms with E-state index >= 15 is 0 Å². The highest BCUT2D eigenvalue weighted by molar-refractivity contribution is 6.03. The fourth-order valence-electron chi connectivity index (χ4n) is 2.39. The van der Waals surface area contributed by atoms with E-state index in [1.807, 2.05) is 5.32 Å². The third-order valence-electron chi connectivity index (χ3n) is 3.97. The lowest BCUT2D eigenvalue weighted by Crippen LogP contribution is -2.50. The smallest absolute Gasteiger partial charge is 0.334 e. The average Bonchev–Trinajstić information content (AvgIpc) is 3.12. The van der Waals surface area contributed by atoms with E-state index in [2.05, 4.69) is 15.5 Å². The van der Waals surface area contributed by atoms with Crippen molar-refractivity contribution >= 4 is 23.7 Å². The maximum absolute atomic E-state index is 12.1. The van der Waals surface area contributed by atoms with Gasteiger partial charge in [-0.25, -0.2) is 9.59 Å². The second kappa shape index (κ2) is 11.7. The number of rotatable bonds is 13. The molecule has 0 saturated heterocycles. The zero-order chi connectivity index (χ0) is 22.0. The van der Waals surface area contributed by atoms with Gasteiger partial charge in [0.1, 0.15) is 6.04 Å². The molecule has 0 aromatic carbocycles. The van der Waals surface area contributed by atoms with Gasteiger partial charge in [0.15, 0.2) is 17.6 Å². The fourth-order valence-corrected chi connectivity index (χ4v) is 2.39. The average molecular weight is 413 g/mol. The number of hydrogen-bond donors (Lipinski definition) is 6. The van der Waals surface area contributed by atoms with Crippen LogP contribution in [0.4, 0.5) is 4.79 Å². The van der Waals surface area contributed by atoms with Crippen LogP contribution in [-0.2, 0) is 14.4 Å². The number of primary amides is 1. The Bertz CT molecular complexity index is 708. The van der Waals surface area contributed by atoms with Crippen molar-refractivity contribution in [2.75, 3.05) is 6.54 Å². The molecule has 0 aliphatic heterocycles. The number of nitrogens with zero attached hydrogens (tertiary/aromatic N) is 2. The van der Waals surface area contributed by atoms with Gasteiger partial charge in [-0.05, 0) is 32.7 Å². The van der Waals surface area contributed by atoms with E-state index in [1.165, 1.54) is 0 Å². The minimum atomic E-state index is -1.72. The third-order valence-corrected chi connectivity index (χ3v) is 3.97. The first-order chi connectivity index (χ1) is 13.6. The maximum atomic E-state index is 12.1. The predicted octanol–water partition coefficient (Wildman–Crippen LogP) is -1.15. The van der Waals surface area contributed by atoms with Crippen molar-refractivity contribution in [2.24, 2.45) is 17.2 Å². The molecule has 0 spiro atoms. The largest absolute Gasteiger partial charge is 0.479 e. The minimum Gasteiger partial charge on any atom is -0.479 e. The van der Waals surface area contributed by atoms with Gasteiger partial charge in [-0.3, -0.25) is 9.59 Å². The van der Waals surface area contributed by atoms with Crippen LogP contribution in [0.5, 0.6) is 0 Å². The molecule has 9 N–H and O–H groups in total. The maximum Gasteiger partial charge on any atom is 0.334 e. The van der Waals surface area contributed by atoms with Crippen molar-refractivity contribution < 1.29 is 28.8 Å². The number of aromatic nitrogens is 2. The van der Waals surface area contributed by atoms with Crippen molar-refractivity contribution in [3.05, 3.63) is 11.7 Å². The topological polar surface area (TPSA) is 230 Å². The number of unbranched alkanes of at least 4 members (excludes halogenated alkanes) is 1. The van der Waals surface area contributed by atoms with E-state index < -0.39 is 41.8 Å². The lowest BCUT2D eigenvalue weighted by atomic mass is 10.1. The van der Waals surface area contributed by atoms with Crippen LogP contribution in [0.25, 0.3) is 0 Å². The lowest BCUT2D eigenvalue weighted by Gasteiger charge is -2.17. The summed E-state index contributed by atoms with van der Waals surface area (Å²) in [5, 5.41) is 17.2. The monoisotopic (exact) mass is 413 g/mol. The molecular formula is C16H27N7O6. The van der Waals surface area contributed by atoms with Crippen LogP contribution in [0.2, 0.25) is 0 Å². The molecule has 3 amide bonds. The number of Topliss-reactive ketones (excluding diaryl/α,β-unsaturated/α-hetero) is 1. The van der Waals surface area contributed by atoms with Gasteiger partial charge in [0.2, 0.25) is 11.8 Å². The van der Waals surface area contributed by atoms with Gasteiger partial charge in [-0.2, -0.15) is 4.98 Å².